The van der Waals surface area contributed by atoms with Gasteiger partial charge >= 0.3 is 11.9 Å². The van der Waals surface area contributed by atoms with Crippen molar-refractivity contribution in [2.24, 2.45) is 11.8 Å². The fraction of sp³-hybridized carbons (Fsp3) is 0.714. The second kappa shape index (κ2) is 17.7. The third-order valence-electron chi connectivity index (χ3n) is 6.02. The van der Waals surface area contributed by atoms with Crippen LogP contribution in [0.4, 0.5) is 0 Å². The number of hydrogen-bond donors (Lipinski definition) is 0. The zero-order chi connectivity index (χ0) is 23.6. The Morgan fingerprint density at radius 2 is 1.00 bits per heavy atom. The molecule has 1 aromatic carbocycles. The van der Waals surface area contributed by atoms with Crippen LogP contribution in [0, 0.1) is 11.8 Å². The van der Waals surface area contributed by atoms with Crippen LogP contribution in [0.5, 0.6) is 11.5 Å². The largest absolute Gasteiger partial charge is 0.422 e. The summed E-state index contributed by atoms with van der Waals surface area (Å²) in [6.07, 6.45) is 14.4. The number of rotatable bonds is 18. The Morgan fingerprint density at radius 1 is 0.594 bits per heavy atom. The van der Waals surface area contributed by atoms with Gasteiger partial charge in [-0.05, 0) is 37.8 Å². The highest BCUT2D eigenvalue weighted by Crippen LogP contribution is 2.30. The number of unbranched alkanes of at least 4 members (excludes halogenated alkanes) is 6. The van der Waals surface area contributed by atoms with Crippen LogP contribution in [0.2, 0.25) is 0 Å². The van der Waals surface area contributed by atoms with Crippen molar-refractivity contribution >= 4 is 11.9 Å². The first-order valence-electron chi connectivity index (χ1n) is 13.1. The zero-order valence-electron chi connectivity index (χ0n) is 21.0. The molecule has 0 bridgehead atoms. The minimum absolute atomic E-state index is 0.105. The van der Waals surface area contributed by atoms with Crippen LogP contribution in [0.1, 0.15) is 118 Å². The Kier molecular flexibility index (Phi) is 15.6. The molecular weight excluding hydrogens is 400 g/mol. The number of ether oxygens (including phenoxy) is 2. The van der Waals surface area contributed by atoms with E-state index in [1.807, 2.05) is 12.1 Å². The molecule has 0 amide bonds. The van der Waals surface area contributed by atoms with Crippen molar-refractivity contribution in [1.29, 1.82) is 0 Å². The van der Waals surface area contributed by atoms with Gasteiger partial charge in [-0.2, -0.15) is 0 Å². The van der Waals surface area contributed by atoms with E-state index in [4.69, 9.17) is 9.47 Å². The van der Waals surface area contributed by atoms with E-state index in [0.717, 1.165) is 64.2 Å². The summed E-state index contributed by atoms with van der Waals surface area (Å²) in [6, 6.07) is 7.06. The predicted octanol–water partition coefficient (Wildman–Crippen LogP) is 8.27. The number of benzene rings is 1. The van der Waals surface area contributed by atoms with Crippen molar-refractivity contribution < 1.29 is 19.1 Å². The summed E-state index contributed by atoms with van der Waals surface area (Å²) < 4.78 is 11.5. The lowest BCUT2D eigenvalue weighted by Crippen LogP contribution is -2.23. The van der Waals surface area contributed by atoms with Gasteiger partial charge in [0.25, 0.3) is 0 Å². The number of carbonyl (C=O) groups is 2. The first-order chi connectivity index (χ1) is 15.6. The first kappa shape index (κ1) is 28.2. The fourth-order valence-corrected chi connectivity index (χ4v) is 4.09. The Hall–Kier alpha value is -1.84. The molecule has 2 unspecified atom stereocenters. The molecule has 0 aliphatic rings. The summed E-state index contributed by atoms with van der Waals surface area (Å²) in [5.41, 5.74) is 0. The lowest BCUT2D eigenvalue weighted by Gasteiger charge is -2.18. The van der Waals surface area contributed by atoms with Gasteiger partial charge in [-0.25, -0.2) is 0 Å². The number of para-hydroxylation sites is 2. The molecular formula is C28H46O4. The van der Waals surface area contributed by atoms with E-state index in [2.05, 4.69) is 27.7 Å². The lowest BCUT2D eigenvalue weighted by molar-refractivity contribution is -0.142. The van der Waals surface area contributed by atoms with Crippen molar-refractivity contribution in [3.05, 3.63) is 24.3 Å². The Balaban J connectivity index is 2.77. The zero-order valence-corrected chi connectivity index (χ0v) is 21.0. The van der Waals surface area contributed by atoms with Gasteiger partial charge in [0, 0.05) is 0 Å². The molecule has 0 saturated carbocycles. The second-order valence-electron chi connectivity index (χ2n) is 8.96. The van der Waals surface area contributed by atoms with Gasteiger partial charge in [-0.15, -0.1) is 0 Å². The summed E-state index contributed by atoms with van der Waals surface area (Å²) in [6.45, 7) is 8.56. The van der Waals surface area contributed by atoms with E-state index < -0.39 is 0 Å². The summed E-state index contributed by atoms with van der Waals surface area (Å²) >= 11 is 0. The lowest BCUT2D eigenvalue weighted by atomic mass is 9.96. The molecule has 1 aromatic rings. The quantitative estimate of drug-likeness (QED) is 0.129. The minimum atomic E-state index is -0.212. The summed E-state index contributed by atoms with van der Waals surface area (Å²) in [4.78, 5) is 25.8. The van der Waals surface area contributed by atoms with Crippen molar-refractivity contribution in [3.63, 3.8) is 0 Å². The van der Waals surface area contributed by atoms with Crippen LogP contribution >= 0.6 is 0 Å². The Bertz CT molecular complexity index is 585. The van der Waals surface area contributed by atoms with Gasteiger partial charge in [-0.3, -0.25) is 9.59 Å². The fourth-order valence-electron chi connectivity index (χ4n) is 4.09. The topological polar surface area (TPSA) is 52.6 Å². The number of carbonyl (C=O) groups excluding carboxylic acids is 2. The van der Waals surface area contributed by atoms with E-state index in [0.29, 0.717) is 11.5 Å². The van der Waals surface area contributed by atoms with E-state index in [-0.39, 0.29) is 23.8 Å². The highest BCUT2D eigenvalue weighted by Gasteiger charge is 2.24. The first-order valence-corrected chi connectivity index (χ1v) is 13.1. The molecule has 4 nitrogen and oxygen atoms in total. The van der Waals surface area contributed by atoms with Gasteiger partial charge in [0.15, 0.2) is 11.5 Å². The Morgan fingerprint density at radius 3 is 1.34 bits per heavy atom. The normalized spacial score (nSPS) is 12.9. The molecule has 0 spiro atoms. The maximum Gasteiger partial charge on any atom is 0.314 e. The van der Waals surface area contributed by atoms with E-state index in [9.17, 15) is 9.59 Å². The van der Waals surface area contributed by atoms with E-state index in [1.54, 1.807) is 12.1 Å². The number of hydrogen-bond acceptors (Lipinski definition) is 4. The highest BCUT2D eigenvalue weighted by atomic mass is 16.6. The molecule has 0 aliphatic carbocycles. The molecule has 0 fully saturated rings. The maximum absolute atomic E-state index is 12.9. The summed E-state index contributed by atoms with van der Waals surface area (Å²) in [7, 11) is 0. The van der Waals surface area contributed by atoms with Crippen molar-refractivity contribution in [1.82, 2.24) is 0 Å². The molecule has 182 valence electrons. The molecule has 1 rings (SSSR count). The molecule has 0 aliphatic heterocycles. The molecule has 0 aromatic heterocycles. The van der Waals surface area contributed by atoms with Crippen molar-refractivity contribution in [2.45, 2.75) is 118 Å². The molecule has 2 atom stereocenters. The van der Waals surface area contributed by atoms with E-state index >= 15 is 0 Å². The molecule has 0 radical (unpaired) electrons. The summed E-state index contributed by atoms with van der Waals surface area (Å²) in [5, 5.41) is 0. The van der Waals surface area contributed by atoms with Crippen molar-refractivity contribution in [3.8, 4) is 11.5 Å². The van der Waals surface area contributed by atoms with Crippen LogP contribution in [-0.4, -0.2) is 11.9 Å². The molecule has 0 saturated heterocycles. The molecule has 4 heteroatoms. The SMILES string of the molecule is CCCCCCC(CCC)C(=O)Oc1ccccc1OC(=O)C(CCC)CCCCCC. The third-order valence-corrected chi connectivity index (χ3v) is 6.02. The second-order valence-corrected chi connectivity index (χ2v) is 8.96. The Labute approximate surface area is 196 Å². The maximum atomic E-state index is 12.9. The third kappa shape index (κ3) is 11.2. The van der Waals surface area contributed by atoms with Gasteiger partial charge in [0.1, 0.15) is 0 Å². The van der Waals surface area contributed by atoms with Crippen molar-refractivity contribution in [2.75, 3.05) is 0 Å². The van der Waals surface area contributed by atoms with Gasteiger partial charge in [0.2, 0.25) is 0 Å². The van der Waals surface area contributed by atoms with Crippen LogP contribution in [0.15, 0.2) is 24.3 Å². The van der Waals surface area contributed by atoms with Crippen LogP contribution in [0.25, 0.3) is 0 Å². The highest BCUT2D eigenvalue weighted by molar-refractivity contribution is 5.78. The number of esters is 2. The van der Waals surface area contributed by atoms with Crippen LogP contribution < -0.4 is 9.47 Å². The standard InChI is InChI=1S/C28H46O4/c1-5-9-11-13-19-23(17-7-3)27(29)31-25-21-15-16-22-26(25)32-28(30)24(18-8-4)20-14-12-10-6-2/h15-16,21-24H,5-14,17-20H2,1-4H3. The predicted molar refractivity (Wildman–Crippen MR) is 132 cm³/mol. The summed E-state index contributed by atoms with van der Waals surface area (Å²) in [5.74, 6) is 0.0653. The monoisotopic (exact) mass is 446 g/mol. The minimum Gasteiger partial charge on any atom is -0.422 e. The van der Waals surface area contributed by atoms with Gasteiger partial charge in [-0.1, -0.05) is 104 Å². The average Bonchev–Trinajstić information content (AvgIpc) is 2.79. The smallest absolute Gasteiger partial charge is 0.314 e. The van der Waals surface area contributed by atoms with Crippen LogP contribution in [-0.2, 0) is 9.59 Å². The van der Waals surface area contributed by atoms with Gasteiger partial charge < -0.3 is 9.47 Å². The average molecular weight is 447 g/mol. The van der Waals surface area contributed by atoms with Gasteiger partial charge in [0.05, 0.1) is 11.8 Å². The molecule has 0 N–H and O–H groups in total. The van der Waals surface area contributed by atoms with Crippen LogP contribution in [0.3, 0.4) is 0 Å². The molecule has 0 heterocycles. The van der Waals surface area contributed by atoms with E-state index in [1.165, 1.54) is 25.7 Å². The molecule has 32 heavy (non-hydrogen) atoms.